The van der Waals surface area contributed by atoms with Crippen LogP contribution in [0.25, 0.3) is 0 Å². The Bertz CT molecular complexity index is 1990. The van der Waals surface area contributed by atoms with E-state index in [2.05, 4.69) is 49.2 Å². The lowest BCUT2D eigenvalue weighted by molar-refractivity contribution is -0.146. The average Bonchev–Trinajstić information content (AvgIpc) is 4.07. The second-order valence-electron chi connectivity index (χ2n) is 16.4. The quantitative estimate of drug-likeness (QED) is 0.0406. The van der Waals surface area contributed by atoms with Gasteiger partial charge in [0.15, 0.2) is 6.04 Å². The summed E-state index contributed by atoms with van der Waals surface area (Å²) in [6, 6.07) is -13.5. The Morgan fingerprint density at radius 2 is 1.21 bits per heavy atom. The number of hydrogen-bond donors (Lipinski definition) is 14. The smallest absolute Gasteiger partial charge is 0.328 e. The molecule has 0 spiro atoms. The predicted molar refractivity (Wildman–Crippen MR) is 231 cm³/mol. The second-order valence-corrected chi connectivity index (χ2v) is 16.7. The number of H-pyrrole nitrogens is 1. The average molecular weight is 970 g/mol. The molecule has 0 aromatic carbocycles. The molecule has 0 bridgehead atoms. The summed E-state index contributed by atoms with van der Waals surface area (Å²) in [6.45, 7) is 3.22. The molecule has 67 heavy (non-hydrogen) atoms. The van der Waals surface area contributed by atoms with E-state index in [9.17, 15) is 78.3 Å². The number of carbonyl (C=O) groups is 11. The summed E-state index contributed by atoms with van der Waals surface area (Å²) in [6.07, 6.45) is -0.313. The number of carbonyl (C=O) groups excluding carboxylic acids is 8. The molecule has 0 saturated carbocycles. The molecule has 0 aliphatic carbocycles. The fraction of sp³-hybridized carbons (Fsp3) is 0.641. The van der Waals surface area contributed by atoms with Crippen LogP contribution in [0.4, 0.5) is 0 Å². The van der Waals surface area contributed by atoms with E-state index in [1.165, 1.54) is 12.5 Å². The first-order chi connectivity index (χ1) is 31.5. The number of likely N-dealkylation sites (tertiary alicyclic amines) is 2. The van der Waals surface area contributed by atoms with E-state index in [1.54, 1.807) is 13.8 Å². The normalized spacial score (nSPS) is 19.3. The number of thiol groups is 1. The third kappa shape index (κ3) is 15.6. The maximum Gasteiger partial charge on any atom is 0.328 e. The van der Waals surface area contributed by atoms with Gasteiger partial charge in [0.25, 0.3) is 0 Å². The number of nitrogens with zero attached hydrogens (tertiary/aromatic N) is 3. The third-order valence-electron chi connectivity index (χ3n) is 10.9. The van der Waals surface area contributed by atoms with E-state index in [-0.39, 0.29) is 50.9 Å². The molecule has 2 aliphatic heterocycles. The SMILES string of the molecule is CC(C)[C@H](NC(=O)[C@@H]1CCCN1C(=O)[C@H](CO)NC(=O)[C@H](CC(=O)O)NC(=O)[C@@H](N)CS)C(=O)N[C@@H](Cc1cnc[nH]1)C(=O)N1CCC[C@H]1C(=O)N[C@@H](CC(=O)O)C(=O)N[C@H](C(=O)O)[C@@H](C)O. The zero-order valence-electron chi connectivity index (χ0n) is 36.9. The maximum absolute atomic E-state index is 14.3. The Kier molecular flexibility index (Phi) is 20.9. The molecule has 2 aliphatic rings. The molecule has 3 heterocycles. The van der Waals surface area contributed by atoms with E-state index < -0.39 is 151 Å². The number of amides is 8. The van der Waals surface area contributed by atoms with Crippen LogP contribution in [-0.4, -0.2) is 196 Å². The van der Waals surface area contributed by atoms with Crippen LogP contribution in [0.2, 0.25) is 0 Å². The van der Waals surface area contributed by atoms with Crippen LogP contribution in [0.3, 0.4) is 0 Å². The highest BCUT2D eigenvalue weighted by molar-refractivity contribution is 7.80. The van der Waals surface area contributed by atoms with Crippen molar-refractivity contribution in [3.63, 3.8) is 0 Å². The van der Waals surface area contributed by atoms with Gasteiger partial charge in [-0.2, -0.15) is 12.6 Å². The lowest BCUT2D eigenvalue weighted by Crippen LogP contribution is -2.61. The Morgan fingerprint density at radius 3 is 1.67 bits per heavy atom. The van der Waals surface area contributed by atoms with Crippen LogP contribution in [0.15, 0.2) is 12.5 Å². The van der Waals surface area contributed by atoms with Crippen LogP contribution in [0.1, 0.15) is 65.0 Å². The second kappa shape index (κ2) is 25.5. The van der Waals surface area contributed by atoms with Crippen molar-refractivity contribution in [2.24, 2.45) is 11.7 Å². The van der Waals surface area contributed by atoms with Gasteiger partial charge in [-0.25, -0.2) is 9.78 Å². The molecule has 2 fully saturated rings. The third-order valence-corrected chi connectivity index (χ3v) is 11.3. The van der Waals surface area contributed by atoms with Gasteiger partial charge in [-0.1, -0.05) is 13.8 Å². The standard InChI is InChI=1S/C39H59N11O16S/c1-17(2)29(47-35(61)26-7-5-9-50(26)38(64)24(14-51)46-32(58)21(11-27(53)54)43-31(57)20(40)15-67)36(62)45-23(10-19-13-41-16-42-19)37(63)49-8-4-6-25(49)34(60)44-22(12-28(55)56)33(59)48-30(18(3)52)39(65)66/h13,16-18,20-26,29-30,51-52,67H,4-12,14-15,40H2,1-3H3,(H,41,42)(H,43,57)(H,44,60)(H,45,62)(H,46,58)(H,47,61)(H,48,59)(H,53,54)(H,55,56)(H,65,66)/t18-,20+,21+,22+,23+,24+,25+,26+,29+,30+/m1/s1. The number of aliphatic hydroxyl groups excluding tert-OH is 2. The highest BCUT2D eigenvalue weighted by Gasteiger charge is 2.43. The first-order valence-electron chi connectivity index (χ1n) is 21.2. The predicted octanol–water partition coefficient (Wildman–Crippen LogP) is -5.84. The summed E-state index contributed by atoms with van der Waals surface area (Å²) >= 11 is 3.90. The summed E-state index contributed by atoms with van der Waals surface area (Å²) in [7, 11) is 0. The summed E-state index contributed by atoms with van der Waals surface area (Å²) < 4.78 is 0. The van der Waals surface area contributed by atoms with Crippen molar-refractivity contribution < 1.29 is 78.3 Å². The van der Waals surface area contributed by atoms with Crippen molar-refractivity contribution in [2.75, 3.05) is 25.4 Å². The number of aliphatic hydroxyl groups is 2. The molecule has 8 amide bonds. The largest absolute Gasteiger partial charge is 0.481 e. The van der Waals surface area contributed by atoms with Gasteiger partial charge in [-0.3, -0.25) is 47.9 Å². The van der Waals surface area contributed by atoms with E-state index >= 15 is 0 Å². The van der Waals surface area contributed by atoms with Crippen LogP contribution in [0, 0.1) is 5.92 Å². The minimum absolute atomic E-state index is 0.0184. The maximum atomic E-state index is 14.3. The first-order valence-corrected chi connectivity index (χ1v) is 21.9. The molecule has 14 N–H and O–H groups in total. The van der Waals surface area contributed by atoms with Crippen molar-refractivity contribution >= 4 is 77.8 Å². The van der Waals surface area contributed by atoms with Gasteiger partial charge >= 0.3 is 17.9 Å². The Morgan fingerprint density at radius 1 is 0.716 bits per heavy atom. The molecule has 10 atom stereocenters. The van der Waals surface area contributed by atoms with Crippen molar-refractivity contribution in [3.8, 4) is 0 Å². The number of nitrogens with two attached hydrogens (primary N) is 1. The topological polar surface area (TPSA) is 422 Å². The van der Waals surface area contributed by atoms with Crippen LogP contribution in [0.5, 0.6) is 0 Å². The first kappa shape index (κ1) is 54.9. The number of carboxylic acids is 3. The molecule has 0 radical (unpaired) electrons. The highest BCUT2D eigenvalue weighted by Crippen LogP contribution is 2.22. The fourth-order valence-electron chi connectivity index (χ4n) is 7.37. The number of aliphatic carboxylic acids is 3. The van der Waals surface area contributed by atoms with Gasteiger partial charge < -0.3 is 78.0 Å². The molecule has 3 rings (SSSR count). The van der Waals surface area contributed by atoms with Crippen LogP contribution >= 0.6 is 12.6 Å². The van der Waals surface area contributed by atoms with Crippen LogP contribution < -0.4 is 37.6 Å². The molecule has 27 nitrogen and oxygen atoms in total. The van der Waals surface area contributed by atoms with Crippen molar-refractivity contribution in [2.45, 2.75) is 126 Å². The number of rotatable bonds is 25. The number of aromatic amines is 1. The molecule has 0 unspecified atom stereocenters. The van der Waals surface area contributed by atoms with E-state index in [0.29, 0.717) is 5.69 Å². The lowest BCUT2D eigenvalue weighted by atomic mass is 10.0. The zero-order valence-corrected chi connectivity index (χ0v) is 37.8. The van der Waals surface area contributed by atoms with Gasteiger partial charge in [0, 0.05) is 37.2 Å². The minimum Gasteiger partial charge on any atom is -0.481 e. The molecular formula is C39H59N11O16S. The summed E-state index contributed by atoms with van der Waals surface area (Å²) in [5.41, 5.74) is 5.99. The Hall–Kier alpha value is -6.39. The number of aromatic nitrogens is 2. The Labute approximate surface area is 388 Å². The fourth-order valence-corrected chi connectivity index (χ4v) is 7.53. The van der Waals surface area contributed by atoms with E-state index in [4.69, 9.17) is 5.73 Å². The number of nitrogens with one attached hydrogen (secondary N) is 7. The summed E-state index contributed by atoms with van der Waals surface area (Å²) in [5, 5.41) is 62.0. The van der Waals surface area contributed by atoms with E-state index in [1.807, 2.05) is 5.32 Å². The highest BCUT2D eigenvalue weighted by atomic mass is 32.1. The number of hydrogen-bond acceptors (Lipinski definition) is 16. The molecule has 1 aromatic rings. The van der Waals surface area contributed by atoms with Crippen molar-refractivity contribution in [1.82, 2.24) is 51.7 Å². The monoisotopic (exact) mass is 969 g/mol. The lowest BCUT2D eigenvalue weighted by Gasteiger charge is -2.32. The molecule has 1 aromatic heterocycles. The van der Waals surface area contributed by atoms with Crippen molar-refractivity contribution in [3.05, 3.63) is 18.2 Å². The number of carboxylic acid groups (broad SMARTS) is 3. The molecule has 28 heteroatoms. The molecule has 2 saturated heterocycles. The minimum atomic E-state index is -1.84. The van der Waals surface area contributed by atoms with Gasteiger partial charge in [-0.15, -0.1) is 0 Å². The van der Waals surface area contributed by atoms with Crippen LogP contribution in [-0.2, 0) is 59.2 Å². The number of imidazole rings is 1. The van der Waals surface area contributed by atoms with Gasteiger partial charge in [0.1, 0.15) is 42.3 Å². The van der Waals surface area contributed by atoms with E-state index in [0.717, 1.165) is 16.7 Å². The van der Waals surface area contributed by atoms with Gasteiger partial charge in [-0.05, 0) is 38.5 Å². The van der Waals surface area contributed by atoms with Crippen molar-refractivity contribution in [1.29, 1.82) is 0 Å². The summed E-state index contributed by atoms with van der Waals surface area (Å²) in [4.78, 5) is 152. The molecular weight excluding hydrogens is 911 g/mol. The zero-order chi connectivity index (χ0) is 50.3. The van der Waals surface area contributed by atoms with Gasteiger partial charge in [0.2, 0.25) is 47.3 Å². The summed E-state index contributed by atoms with van der Waals surface area (Å²) in [5.74, 6) is -13.0. The Balaban J connectivity index is 1.80. The van der Waals surface area contributed by atoms with Gasteiger partial charge in [0.05, 0.1) is 37.9 Å². The molecule has 372 valence electrons.